The van der Waals surface area contributed by atoms with E-state index in [1.165, 1.54) is 0 Å². The fourth-order valence-corrected chi connectivity index (χ4v) is 3.04. The molecule has 6 heteroatoms. The molecule has 0 bridgehead atoms. The minimum atomic E-state index is -0.868. The van der Waals surface area contributed by atoms with Crippen LogP contribution in [-0.2, 0) is 17.8 Å². The van der Waals surface area contributed by atoms with Crippen molar-refractivity contribution in [1.82, 2.24) is 10.2 Å². The molecule has 2 amide bonds. The van der Waals surface area contributed by atoms with Crippen molar-refractivity contribution >= 4 is 12.0 Å². The number of carboxylic acids is 1. The largest absolute Gasteiger partial charge is 0.491 e. The maximum atomic E-state index is 12.7. The van der Waals surface area contributed by atoms with Crippen molar-refractivity contribution in [2.45, 2.75) is 51.8 Å². The van der Waals surface area contributed by atoms with Gasteiger partial charge in [-0.25, -0.2) is 4.79 Å². The van der Waals surface area contributed by atoms with Gasteiger partial charge < -0.3 is 20.1 Å². The van der Waals surface area contributed by atoms with E-state index < -0.39 is 5.97 Å². The predicted molar refractivity (Wildman–Crippen MR) is 113 cm³/mol. The Bertz CT molecular complexity index is 792. The Kier molecular flexibility index (Phi) is 8.52. The Hall–Kier alpha value is -3.02. The summed E-state index contributed by atoms with van der Waals surface area (Å²) in [6.45, 7) is 4.37. The first-order chi connectivity index (χ1) is 13.8. The summed E-state index contributed by atoms with van der Waals surface area (Å²) in [6, 6.07) is 16.9. The van der Waals surface area contributed by atoms with E-state index in [1.807, 2.05) is 68.4 Å². The quantitative estimate of drug-likeness (QED) is 0.632. The highest BCUT2D eigenvalue weighted by molar-refractivity contribution is 5.74. The second-order valence-electron chi connectivity index (χ2n) is 7.44. The number of carboxylic acid groups (broad SMARTS) is 1. The van der Waals surface area contributed by atoms with Crippen LogP contribution in [0.25, 0.3) is 0 Å². The molecule has 0 fully saturated rings. The maximum Gasteiger partial charge on any atom is 0.317 e. The first kappa shape index (κ1) is 22.3. The smallest absolute Gasteiger partial charge is 0.317 e. The average Bonchev–Trinajstić information content (AvgIpc) is 2.66. The van der Waals surface area contributed by atoms with Crippen LogP contribution in [0.5, 0.6) is 5.75 Å². The normalized spacial score (nSPS) is 11.7. The highest BCUT2D eigenvalue weighted by atomic mass is 16.5. The van der Waals surface area contributed by atoms with Gasteiger partial charge in [-0.3, -0.25) is 4.79 Å². The number of hydrogen-bond donors (Lipinski definition) is 2. The van der Waals surface area contributed by atoms with Crippen molar-refractivity contribution in [3.05, 3.63) is 65.7 Å². The lowest BCUT2D eigenvalue weighted by molar-refractivity contribution is -0.137. The Balaban J connectivity index is 1.98. The molecule has 0 saturated heterocycles. The van der Waals surface area contributed by atoms with E-state index in [9.17, 15) is 9.59 Å². The van der Waals surface area contributed by atoms with Gasteiger partial charge in [-0.1, -0.05) is 42.5 Å². The van der Waals surface area contributed by atoms with Gasteiger partial charge >= 0.3 is 12.0 Å². The summed E-state index contributed by atoms with van der Waals surface area (Å²) >= 11 is 0. The van der Waals surface area contributed by atoms with E-state index in [4.69, 9.17) is 9.84 Å². The number of urea groups is 1. The van der Waals surface area contributed by atoms with Crippen molar-refractivity contribution in [1.29, 1.82) is 0 Å². The lowest BCUT2D eigenvalue weighted by atomic mass is 10.0. The maximum absolute atomic E-state index is 12.7. The number of carbonyl (C=O) groups excluding carboxylic acids is 1. The van der Waals surface area contributed by atoms with Gasteiger partial charge in [0.2, 0.25) is 0 Å². The molecule has 0 saturated carbocycles. The molecule has 0 spiro atoms. The van der Waals surface area contributed by atoms with Crippen LogP contribution in [0.4, 0.5) is 4.79 Å². The van der Waals surface area contributed by atoms with Crippen LogP contribution < -0.4 is 10.1 Å². The van der Waals surface area contributed by atoms with Gasteiger partial charge in [-0.15, -0.1) is 0 Å². The third kappa shape index (κ3) is 8.25. The number of benzene rings is 2. The van der Waals surface area contributed by atoms with E-state index in [2.05, 4.69) is 5.32 Å². The Morgan fingerprint density at radius 1 is 1.07 bits per heavy atom. The van der Waals surface area contributed by atoms with Crippen LogP contribution >= 0.6 is 0 Å². The minimum Gasteiger partial charge on any atom is -0.491 e. The summed E-state index contributed by atoms with van der Waals surface area (Å²) in [7, 11) is 1.72. The van der Waals surface area contributed by atoms with E-state index in [-0.39, 0.29) is 24.6 Å². The predicted octanol–water partition coefficient (Wildman–Crippen LogP) is 4.09. The zero-order valence-corrected chi connectivity index (χ0v) is 17.3. The zero-order valence-electron chi connectivity index (χ0n) is 17.3. The second kappa shape index (κ2) is 11.1. The Morgan fingerprint density at radius 2 is 1.76 bits per heavy atom. The summed E-state index contributed by atoms with van der Waals surface area (Å²) in [6.07, 6.45) is 1.06. The SMILES string of the molecule is CC(C)Oc1cccc(CN(C)C(=O)NC(CCC(=O)O)Cc2ccccc2)c1. The molecule has 0 aliphatic carbocycles. The van der Waals surface area contributed by atoms with E-state index in [0.717, 1.165) is 16.9 Å². The number of amides is 2. The number of nitrogens with one attached hydrogen (secondary N) is 1. The molecule has 1 unspecified atom stereocenters. The fraction of sp³-hybridized carbons (Fsp3) is 0.391. The Labute approximate surface area is 172 Å². The highest BCUT2D eigenvalue weighted by Gasteiger charge is 2.17. The third-order valence-electron chi connectivity index (χ3n) is 4.40. The van der Waals surface area contributed by atoms with Gasteiger partial charge in [0.1, 0.15) is 5.75 Å². The van der Waals surface area contributed by atoms with E-state index in [0.29, 0.717) is 19.4 Å². The van der Waals surface area contributed by atoms with Crippen molar-refractivity contribution in [2.24, 2.45) is 0 Å². The molecule has 2 rings (SSSR count). The molecular formula is C23H30N2O4. The third-order valence-corrected chi connectivity index (χ3v) is 4.40. The lowest BCUT2D eigenvalue weighted by Gasteiger charge is -2.24. The summed E-state index contributed by atoms with van der Waals surface area (Å²) in [5.41, 5.74) is 2.02. The molecule has 2 aromatic carbocycles. The number of ether oxygens (including phenoxy) is 1. The summed E-state index contributed by atoms with van der Waals surface area (Å²) < 4.78 is 5.71. The number of nitrogens with zero attached hydrogens (tertiary/aromatic N) is 1. The molecule has 2 aromatic rings. The van der Waals surface area contributed by atoms with Crippen molar-refractivity contribution in [3.63, 3.8) is 0 Å². The molecule has 0 aliphatic heterocycles. The zero-order chi connectivity index (χ0) is 21.2. The van der Waals surface area contributed by atoms with Gasteiger partial charge in [0.05, 0.1) is 6.10 Å². The van der Waals surface area contributed by atoms with Crippen molar-refractivity contribution in [3.8, 4) is 5.75 Å². The molecule has 0 aromatic heterocycles. The molecule has 0 aliphatic rings. The number of hydrogen-bond acceptors (Lipinski definition) is 3. The van der Waals surface area contributed by atoms with Crippen LogP contribution in [0, 0.1) is 0 Å². The molecule has 6 nitrogen and oxygen atoms in total. The average molecular weight is 399 g/mol. The molecular weight excluding hydrogens is 368 g/mol. The second-order valence-corrected chi connectivity index (χ2v) is 7.44. The van der Waals surface area contributed by atoms with Crippen LogP contribution in [-0.4, -0.2) is 41.2 Å². The van der Waals surface area contributed by atoms with E-state index >= 15 is 0 Å². The van der Waals surface area contributed by atoms with E-state index in [1.54, 1.807) is 11.9 Å². The van der Waals surface area contributed by atoms with Crippen molar-refractivity contribution in [2.75, 3.05) is 7.05 Å². The lowest BCUT2D eigenvalue weighted by Crippen LogP contribution is -2.44. The summed E-state index contributed by atoms with van der Waals surface area (Å²) in [5, 5.41) is 12.0. The Morgan fingerprint density at radius 3 is 2.41 bits per heavy atom. The monoisotopic (exact) mass is 398 g/mol. The van der Waals surface area contributed by atoms with Crippen LogP contribution in [0.3, 0.4) is 0 Å². The fourth-order valence-electron chi connectivity index (χ4n) is 3.04. The topological polar surface area (TPSA) is 78.9 Å². The summed E-state index contributed by atoms with van der Waals surface area (Å²) in [5.74, 6) is -0.0950. The molecule has 0 heterocycles. The first-order valence-electron chi connectivity index (χ1n) is 9.86. The highest BCUT2D eigenvalue weighted by Crippen LogP contribution is 2.16. The van der Waals surface area contributed by atoms with Crippen molar-refractivity contribution < 1.29 is 19.4 Å². The molecule has 29 heavy (non-hydrogen) atoms. The number of carbonyl (C=O) groups is 2. The van der Waals surface area contributed by atoms with Gasteiger partial charge in [0, 0.05) is 26.1 Å². The van der Waals surface area contributed by atoms with Crippen LogP contribution in [0.15, 0.2) is 54.6 Å². The van der Waals surface area contributed by atoms with Gasteiger partial charge in [-0.05, 0) is 49.9 Å². The molecule has 0 radical (unpaired) electrons. The first-order valence-corrected chi connectivity index (χ1v) is 9.86. The van der Waals surface area contributed by atoms with Gasteiger partial charge in [-0.2, -0.15) is 0 Å². The van der Waals surface area contributed by atoms with Crippen LogP contribution in [0.2, 0.25) is 0 Å². The summed E-state index contributed by atoms with van der Waals surface area (Å²) in [4.78, 5) is 25.3. The van der Waals surface area contributed by atoms with Gasteiger partial charge in [0.25, 0.3) is 0 Å². The molecule has 1 atom stereocenters. The number of aliphatic carboxylic acids is 1. The minimum absolute atomic E-state index is 0.0100. The van der Waals surface area contributed by atoms with Gasteiger partial charge in [0.15, 0.2) is 0 Å². The van der Waals surface area contributed by atoms with Crippen LogP contribution in [0.1, 0.15) is 37.8 Å². The molecule has 2 N–H and O–H groups in total. The number of rotatable bonds is 10. The molecule has 156 valence electrons. The standard InChI is InChI=1S/C23H30N2O4/c1-17(2)29-21-11-7-10-19(15-21)16-25(3)23(28)24-20(12-13-22(26)27)14-18-8-5-4-6-9-18/h4-11,15,17,20H,12-14,16H2,1-3H3,(H,24,28)(H,26,27).